The molecule has 1 unspecified atom stereocenters. The van der Waals surface area contributed by atoms with Crippen LogP contribution >= 0.6 is 0 Å². The maximum absolute atomic E-state index is 11.2. The Bertz CT molecular complexity index is 624. The summed E-state index contributed by atoms with van der Waals surface area (Å²) in [5.74, 6) is -0.0217. The van der Waals surface area contributed by atoms with Crippen LogP contribution in [0.15, 0.2) is 23.7 Å². The lowest BCUT2D eigenvalue weighted by atomic mass is 10.2. The highest BCUT2D eigenvalue weighted by atomic mass is 32.2. The molecule has 1 atom stereocenters. The number of nitrogens with one attached hydrogen (secondary N) is 1. The Morgan fingerprint density at radius 1 is 1.56 bits per heavy atom. The number of hydrogen-bond donors (Lipinski definition) is 1. The molecule has 0 amide bonds. The summed E-state index contributed by atoms with van der Waals surface area (Å²) in [5, 5.41) is 14.8. The molecule has 0 spiro atoms. The number of rotatable bonds is 3. The molecule has 1 N–H and O–H groups in total. The first-order valence-corrected chi connectivity index (χ1v) is 6.88. The lowest BCUT2D eigenvalue weighted by Gasteiger charge is -2.11. The Morgan fingerprint density at radius 2 is 2.28 bits per heavy atom. The van der Waals surface area contributed by atoms with Crippen LogP contribution in [0.1, 0.15) is 5.56 Å². The van der Waals surface area contributed by atoms with E-state index < -0.39 is 20.8 Å². The predicted molar refractivity (Wildman–Crippen MR) is 66.0 cm³/mol. The van der Waals surface area contributed by atoms with Gasteiger partial charge in [-0.05, 0) is 19.1 Å². The van der Waals surface area contributed by atoms with Crippen LogP contribution in [0.25, 0.3) is 0 Å². The summed E-state index contributed by atoms with van der Waals surface area (Å²) in [6, 6.07) is 1.05. The fourth-order valence-corrected chi connectivity index (χ4v) is 2.96. The van der Waals surface area contributed by atoms with Crippen molar-refractivity contribution < 1.29 is 13.3 Å². The monoisotopic (exact) mass is 269 g/mol. The number of hydrogen-bond acceptors (Lipinski definition) is 6. The molecule has 1 aliphatic rings. The van der Waals surface area contributed by atoms with Gasteiger partial charge in [-0.3, -0.25) is 10.1 Å². The zero-order valence-electron chi connectivity index (χ0n) is 9.53. The zero-order valence-corrected chi connectivity index (χ0v) is 10.3. The molecule has 2 rings (SSSR count). The van der Waals surface area contributed by atoms with Gasteiger partial charge in [-0.1, -0.05) is 0 Å². The predicted octanol–water partition coefficient (Wildman–Crippen LogP) is 1.02. The van der Waals surface area contributed by atoms with Crippen molar-refractivity contribution in [3.05, 3.63) is 39.4 Å². The van der Waals surface area contributed by atoms with Crippen LogP contribution < -0.4 is 5.32 Å². The minimum atomic E-state index is -3.20. The fraction of sp³-hybridized carbons (Fsp3) is 0.300. The quantitative estimate of drug-likeness (QED) is 0.649. The Kier molecular flexibility index (Phi) is 3.04. The summed E-state index contributed by atoms with van der Waals surface area (Å²) < 4.78 is 22.5. The second-order valence-electron chi connectivity index (χ2n) is 3.99. The van der Waals surface area contributed by atoms with E-state index in [9.17, 15) is 18.5 Å². The number of nitrogens with zero attached hydrogens (tertiary/aromatic N) is 2. The average Bonchev–Trinajstić information content (AvgIpc) is 2.57. The molecule has 0 saturated heterocycles. The van der Waals surface area contributed by atoms with Crippen molar-refractivity contribution in [3.8, 4) is 0 Å². The number of nitro groups is 1. The van der Waals surface area contributed by atoms with Gasteiger partial charge in [-0.2, -0.15) is 0 Å². The number of aromatic nitrogens is 1. The van der Waals surface area contributed by atoms with Gasteiger partial charge in [-0.25, -0.2) is 13.4 Å². The molecule has 8 heteroatoms. The van der Waals surface area contributed by atoms with E-state index in [1.54, 1.807) is 6.92 Å². The van der Waals surface area contributed by atoms with Crippen molar-refractivity contribution in [1.29, 1.82) is 0 Å². The lowest BCUT2D eigenvalue weighted by molar-refractivity contribution is -0.384. The highest BCUT2D eigenvalue weighted by molar-refractivity contribution is 7.94. The maximum Gasteiger partial charge on any atom is 0.314 e. The molecular weight excluding hydrogens is 258 g/mol. The van der Waals surface area contributed by atoms with Gasteiger partial charge in [0.25, 0.3) is 0 Å². The summed E-state index contributed by atoms with van der Waals surface area (Å²) in [7, 11) is -3.20. The Hall–Kier alpha value is -1.96. The molecule has 0 aromatic carbocycles. The van der Waals surface area contributed by atoms with Gasteiger partial charge in [-0.15, -0.1) is 0 Å². The van der Waals surface area contributed by atoms with Crippen molar-refractivity contribution in [2.45, 2.75) is 13.0 Å². The van der Waals surface area contributed by atoms with E-state index in [2.05, 4.69) is 10.3 Å². The van der Waals surface area contributed by atoms with Crippen molar-refractivity contribution in [2.75, 3.05) is 11.1 Å². The van der Waals surface area contributed by atoms with Crippen molar-refractivity contribution in [1.82, 2.24) is 4.98 Å². The standard InChI is InChI=1S/C10H11N3O4S/c1-7-2-4-11-10(9(7)13(14)15)12-8-3-5-18(16,17)6-8/h2-5,8H,6H2,1H3,(H,11,12). The topological polar surface area (TPSA) is 102 Å². The van der Waals surface area contributed by atoms with Gasteiger partial charge >= 0.3 is 5.69 Å². The van der Waals surface area contributed by atoms with E-state index in [1.807, 2.05) is 0 Å². The van der Waals surface area contributed by atoms with Crippen LogP contribution in [0.2, 0.25) is 0 Å². The molecule has 7 nitrogen and oxygen atoms in total. The number of aryl methyl sites for hydroxylation is 1. The molecule has 18 heavy (non-hydrogen) atoms. The normalized spacial score (nSPS) is 20.8. The van der Waals surface area contributed by atoms with Gasteiger partial charge in [0.2, 0.25) is 5.82 Å². The van der Waals surface area contributed by atoms with Crippen LogP contribution in [-0.4, -0.2) is 30.1 Å². The molecular formula is C10H11N3O4S. The molecule has 0 aliphatic carbocycles. The largest absolute Gasteiger partial charge is 0.357 e. The minimum Gasteiger partial charge on any atom is -0.357 e. The van der Waals surface area contributed by atoms with E-state index in [0.29, 0.717) is 5.56 Å². The lowest BCUT2D eigenvalue weighted by Crippen LogP contribution is -2.22. The number of anilines is 1. The van der Waals surface area contributed by atoms with Crippen LogP contribution in [0.4, 0.5) is 11.5 Å². The Balaban J connectivity index is 2.28. The Morgan fingerprint density at radius 3 is 2.83 bits per heavy atom. The van der Waals surface area contributed by atoms with Crippen molar-refractivity contribution >= 4 is 21.3 Å². The summed E-state index contributed by atoms with van der Waals surface area (Å²) in [4.78, 5) is 14.3. The van der Waals surface area contributed by atoms with E-state index in [4.69, 9.17) is 0 Å². The van der Waals surface area contributed by atoms with Gasteiger partial charge < -0.3 is 5.32 Å². The maximum atomic E-state index is 11.2. The SMILES string of the molecule is Cc1ccnc(NC2C=CS(=O)(=O)C2)c1[N+](=O)[O-]. The number of pyridine rings is 1. The highest BCUT2D eigenvalue weighted by Gasteiger charge is 2.25. The first-order chi connectivity index (χ1) is 8.39. The molecule has 2 heterocycles. The first-order valence-electron chi connectivity index (χ1n) is 5.16. The summed E-state index contributed by atoms with van der Waals surface area (Å²) in [6.45, 7) is 1.60. The van der Waals surface area contributed by atoms with Crippen molar-refractivity contribution in [2.24, 2.45) is 0 Å². The van der Waals surface area contributed by atoms with Gasteiger partial charge in [0.1, 0.15) is 0 Å². The van der Waals surface area contributed by atoms with E-state index in [1.165, 1.54) is 18.3 Å². The van der Waals surface area contributed by atoms with Gasteiger partial charge in [0.15, 0.2) is 9.84 Å². The van der Waals surface area contributed by atoms with Gasteiger partial charge in [0.05, 0.1) is 16.7 Å². The smallest absolute Gasteiger partial charge is 0.314 e. The number of sulfone groups is 1. The average molecular weight is 269 g/mol. The second kappa shape index (κ2) is 4.37. The van der Waals surface area contributed by atoms with Crippen molar-refractivity contribution in [3.63, 3.8) is 0 Å². The summed E-state index contributed by atoms with van der Waals surface area (Å²) >= 11 is 0. The third-order valence-electron chi connectivity index (χ3n) is 2.56. The summed E-state index contributed by atoms with van der Waals surface area (Å²) in [5.41, 5.74) is 0.345. The van der Waals surface area contributed by atoms with Crippen LogP contribution in [0, 0.1) is 17.0 Å². The fourth-order valence-electron chi connectivity index (χ4n) is 1.73. The molecule has 1 aliphatic heterocycles. The highest BCUT2D eigenvalue weighted by Crippen LogP contribution is 2.27. The van der Waals surface area contributed by atoms with Crippen LogP contribution in [0.5, 0.6) is 0 Å². The zero-order chi connectivity index (χ0) is 13.3. The van der Waals surface area contributed by atoms with Crippen LogP contribution in [-0.2, 0) is 9.84 Å². The third kappa shape index (κ3) is 2.48. The molecule has 0 saturated carbocycles. The Labute approximate surface area is 104 Å². The first kappa shape index (κ1) is 12.5. The minimum absolute atomic E-state index is 0.0896. The molecule has 96 valence electrons. The van der Waals surface area contributed by atoms with E-state index >= 15 is 0 Å². The van der Waals surface area contributed by atoms with E-state index in [-0.39, 0.29) is 17.3 Å². The van der Waals surface area contributed by atoms with Crippen LogP contribution in [0.3, 0.4) is 0 Å². The molecule has 1 aromatic rings. The van der Waals surface area contributed by atoms with E-state index in [0.717, 1.165) is 5.41 Å². The summed E-state index contributed by atoms with van der Waals surface area (Å²) in [6.07, 6.45) is 2.90. The molecule has 0 fully saturated rings. The third-order valence-corrected chi connectivity index (χ3v) is 3.96. The van der Waals surface area contributed by atoms with Gasteiger partial charge in [0, 0.05) is 17.2 Å². The second-order valence-corrected chi connectivity index (χ2v) is 5.92. The molecule has 0 bridgehead atoms. The molecule has 0 radical (unpaired) electrons. The molecule has 1 aromatic heterocycles.